The fourth-order valence-electron chi connectivity index (χ4n) is 2.38. The SMILES string of the molecule is O=C(Cc1cccc2cnccc12)NCc1ccccc1. The molecule has 0 radical (unpaired) electrons. The molecule has 0 saturated heterocycles. The van der Waals surface area contributed by atoms with E-state index in [9.17, 15) is 4.79 Å². The molecule has 0 aliphatic heterocycles. The van der Waals surface area contributed by atoms with Gasteiger partial charge in [-0.2, -0.15) is 0 Å². The van der Waals surface area contributed by atoms with Gasteiger partial charge in [0.05, 0.1) is 6.42 Å². The van der Waals surface area contributed by atoms with Crippen LogP contribution in [-0.4, -0.2) is 10.9 Å². The van der Waals surface area contributed by atoms with Crippen LogP contribution >= 0.6 is 0 Å². The van der Waals surface area contributed by atoms with Crippen molar-refractivity contribution < 1.29 is 4.79 Å². The van der Waals surface area contributed by atoms with Gasteiger partial charge >= 0.3 is 0 Å². The van der Waals surface area contributed by atoms with E-state index in [0.717, 1.165) is 21.9 Å². The van der Waals surface area contributed by atoms with Crippen LogP contribution in [0.15, 0.2) is 67.0 Å². The largest absolute Gasteiger partial charge is 0.352 e. The summed E-state index contributed by atoms with van der Waals surface area (Å²) in [6.45, 7) is 0.562. The second-order valence-corrected chi connectivity index (χ2v) is 4.95. The minimum Gasteiger partial charge on any atom is -0.352 e. The molecule has 1 heterocycles. The summed E-state index contributed by atoms with van der Waals surface area (Å²) in [5, 5.41) is 5.10. The first-order chi connectivity index (χ1) is 10.3. The molecule has 0 fully saturated rings. The van der Waals surface area contributed by atoms with E-state index in [0.29, 0.717) is 13.0 Å². The lowest BCUT2D eigenvalue weighted by molar-refractivity contribution is -0.120. The molecule has 3 rings (SSSR count). The number of pyridine rings is 1. The number of amides is 1. The molecule has 0 aliphatic carbocycles. The summed E-state index contributed by atoms with van der Waals surface area (Å²) in [7, 11) is 0. The molecular weight excluding hydrogens is 260 g/mol. The smallest absolute Gasteiger partial charge is 0.224 e. The third kappa shape index (κ3) is 3.26. The second-order valence-electron chi connectivity index (χ2n) is 4.95. The van der Waals surface area contributed by atoms with Crippen molar-refractivity contribution in [3.05, 3.63) is 78.1 Å². The number of fused-ring (bicyclic) bond motifs is 1. The van der Waals surface area contributed by atoms with Crippen LogP contribution in [0.3, 0.4) is 0 Å². The molecule has 3 nitrogen and oxygen atoms in total. The molecule has 1 aromatic heterocycles. The Labute approximate surface area is 123 Å². The molecular formula is C18H16N2O. The van der Waals surface area contributed by atoms with Crippen LogP contribution < -0.4 is 5.32 Å². The first-order valence-electron chi connectivity index (χ1n) is 6.95. The Hall–Kier alpha value is -2.68. The number of benzene rings is 2. The van der Waals surface area contributed by atoms with Gasteiger partial charge in [-0.1, -0.05) is 48.5 Å². The maximum Gasteiger partial charge on any atom is 0.224 e. The Morgan fingerprint density at radius 1 is 1.00 bits per heavy atom. The lowest BCUT2D eigenvalue weighted by Crippen LogP contribution is -2.24. The lowest BCUT2D eigenvalue weighted by Gasteiger charge is -2.08. The zero-order valence-electron chi connectivity index (χ0n) is 11.6. The van der Waals surface area contributed by atoms with Gasteiger partial charge in [-0.05, 0) is 22.6 Å². The van der Waals surface area contributed by atoms with Crippen LogP contribution in [0.4, 0.5) is 0 Å². The van der Waals surface area contributed by atoms with Crippen molar-refractivity contribution in [1.29, 1.82) is 0 Å². The van der Waals surface area contributed by atoms with E-state index in [2.05, 4.69) is 10.3 Å². The van der Waals surface area contributed by atoms with Crippen molar-refractivity contribution >= 4 is 16.7 Å². The molecule has 3 aromatic rings. The zero-order valence-corrected chi connectivity index (χ0v) is 11.6. The van der Waals surface area contributed by atoms with Crippen molar-refractivity contribution in [3.8, 4) is 0 Å². The quantitative estimate of drug-likeness (QED) is 0.795. The number of aromatic nitrogens is 1. The van der Waals surface area contributed by atoms with Crippen LogP contribution in [0, 0.1) is 0 Å². The highest BCUT2D eigenvalue weighted by molar-refractivity contribution is 5.89. The normalized spacial score (nSPS) is 10.5. The topological polar surface area (TPSA) is 42.0 Å². The summed E-state index contributed by atoms with van der Waals surface area (Å²) < 4.78 is 0. The highest BCUT2D eigenvalue weighted by Crippen LogP contribution is 2.17. The van der Waals surface area contributed by atoms with Gasteiger partial charge < -0.3 is 5.32 Å². The van der Waals surface area contributed by atoms with Gasteiger partial charge in [-0.3, -0.25) is 9.78 Å². The van der Waals surface area contributed by atoms with E-state index in [4.69, 9.17) is 0 Å². The van der Waals surface area contributed by atoms with E-state index in [1.165, 1.54) is 0 Å². The minimum absolute atomic E-state index is 0.0307. The first-order valence-corrected chi connectivity index (χ1v) is 6.95. The van der Waals surface area contributed by atoms with Gasteiger partial charge in [0.1, 0.15) is 0 Å². The molecule has 0 atom stereocenters. The minimum atomic E-state index is 0.0307. The van der Waals surface area contributed by atoms with E-state index in [1.54, 1.807) is 6.20 Å². The molecule has 0 bridgehead atoms. The van der Waals surface area contributed by atoms with Crippen LogP contribution in [0.2, 0.25) is 0 Å². The van der Waals surface area contributed by atoms with Crippen molar-refractivity contribution in [1.82, 2.24) is 10.3 Å². The molecule has 0 aliphatic rings. The Bertz CT molecular complexity index is 748. The van der Waals surface area contributed by atoms with E-state index in [1.807, 2.05) is 60.8 Å². The number of nitrogens with zero attached hydrogens (tertiary/aromatic N) is 1. The Balaban J connectivity index is 1.69. The van der Waals surface area contributed by atoms with Crippen LogP contribution in [0.1, 0.15) is 11.1 Å². The number of rotatable bonds is 4. The Morgan fingerprint density at radius 3 is 2.71 bits per heavy atom. The predicted octanol–water partition coefficient (Wildman–Crippen LogP) is 3.09. The maximum atomic E-state index is 12.1. The van der Waals surface area contributed by atoms with Gasteiger partial charge in [-0.15, -0.1) is 0 Å². The van der Waals surface area contributed by atoms with Crippen molar-refractivity contribution in [3.63, 3.8) is 0 Å². The van der Waals surface area contributed by atoms with E-state index < -0.39 is 0 Å². The van der Waals surface area contributed by atoms with Crippen LogP contribution in [-0.2, 0) is 17.8 Å². The molecule has 0 unspecified atom stereocenters. The molecule has 2 aromatic carbocycles. The summed E-state index contributed by atoms with van der Waals surface area (Å²) in [4.78, 5) is 16.2. The standard InChI is InChI=1S/C18H16N2O/c21-18(20-12-14-5-2-1-3-6-14)11-15-7-4-8-16-13-19-10-9-17(15)16/h1-10,13H,11-12H2,(H,20,21). The van der Waals surface area contributed by atoms with Gasteiger partial charge in [0.25, 0.3) is 0 Å². The number of hydrogen-bond donors (Lipinski definition) is 1. The van der Waals surface area contributed by atoms with Gasteiger partial charge in [0, 0.05) is 24.3 Å². The summed E-state index contributed by atoms with van der Waals surface area (Å²) in [5.74, 6) is 0.0307. The van der Waals surface area contributed by atoms with Crippen molar-refractivity contribution in [2.75, 3.05) is 0 Å². The lowest BCUT2D eigenvalue weighted by atomic mass is 10.0. The Kier molecular flexibility index (Phi) is 3.92. The van der Waals surface area contributed by atoms with Gasteiger partial charge in [0.2, 0.25) is 5.91 Å². The van der Waals surface area contributed by atoms with Crippen molar-refractivity contribution in [2.24, 2.45) is 0 Å². The van der Waals surface area contributed by atoms with Gasteiger partial charge in [0.15, 0.2) is 0 Å². The van der Waals surface area contributed by atoms with Gasteiger partial charge in [-0.25, -0.2) is 0 Å². The molecule has 0 saturated carbocycles. The fourth-order valence-corrected chi connectivity index (χ4v) is 2.38. The number of carbonyl (C=O) groups excluding carboxylic acids is 1. The molecule has 1 amide bonds. The summed E-state index contributed by atoms with van der Waals surface area (Å²) in [6, 6.07) is 17.8. The van der Waals surface area contributed by atoms with Crippen molar-refractivity contribution in [2.45, 2.75) is 13.0 Å². The molecule has 21 heavy (non-hydrogen) atoms. The predicted molar refractivity (Wildman–Crippen MR) is 83.7 cm³/mol. The average molecular weight is 276 g/mol. The summed E-state index contributed by atoms with van der Waals surface area (Å²) in [6.07, 6.45) is 3.96. The second kappa shape index (κ2) is 6.18. The Morgan fingerprint density at radius 2 is 1.86 bits per heavy atom. The van der Waals surface area contributed by atoms with Crippen LogP contribution in [0.25, 0.3) is 10.8 Å². The number of nitrogens with one attached hydrogen (secondary N) is 1. The monoisotopic (exact) mass is 276 g/mol. The summed E-state index contributed by atoms with van der Waals surface area (Å²) in [5.41, 5.74) is 2.13. The highest BCUT2D eigenvalue weighted by Gasteiger charge is 2.06. The first kappa shape index (κ1) is 13.3. The van der Waals surface area contributed by atoms with E-state index >= 15 is 0 Å². The summed E-state index contributed by atoms with van der Waals surface area (Å²) >= 11 is 0. The number of carbonyl (C=O) groups is 1. The third-order valence-electron chi connectivity index (χ3n) is 3.45. The average Bonchev–Trinajstić information content (AvgIpc) is 2.54. The highest BCUT2D eigenvalue weighted by atomic mass is 16.1. The molecule has 3 heteroatoms. The van der Waals surface area contributed by atoms with Crippen LogP contribution in [0.5, 0.6) is 0 Å². The number of hydrogen-bond acceptors (Lipinski definition) is 2. The molecule has 104 valence electrons. The molecule has 0 spiro atoms. The third-order valence-corrected chi connectivity index (χ3v) is 3.45. The fraction of sp³-hybridized carbons (Fsp3) is 0.111. The van der Waals surface area contributed by atoms with E-state index in [-0.39, 0.29) is 5.91 Å². The molecule has 1 N–H and O–H groups in total. The zero-order chi connectivity index (χ0) is 14.5. The maximum absolute atomic E-state index is 12.1.